The molecule has 1 saturated carbocycles. The van der Waals surface area contributed by atoms with Crippen molar-refractivity contribution in [2.24, 2.45) is 5.41 Å². The summed E-state index contributed by atoms with van der Waals surface area (Å²) in [5.74, 6) is 0.900. The van der Waals surface area contributed by atoms with Crippen molar-refractivity contribution in [2.45, 2.75) is 52.6 Å². The Morgan fingerprint density at radius 3 is 2.96 bits per heavy atom. The van der Waals surface area contributed by atoms with Gasteiger partial charge in [-0.3, -0.25) is 4.79 Å². The summed E-state index contributed by atoms with van der Waals surface area (Å²) < 4.78 is 12.3. The van der Waals surface area contributed by atoms with Crippen molar-refractivity contribution in [1.29, 1.82) is 0 Å². The number of benzene rings is 1. The second-order valence-electron chi connectivity index (χ2n) is 7.56. The van der Waals surface area contributed by atoms with Gasteiger partial charge in [0, 0.05) is 12.6 Å². The Hall–Kier alpha value is -2.41. The number of carbonyl (C=O) groups is 1. The lowest BCUT2D eigenvalue weighted by atomic mass is 9.66. The fourth-order valence-electron chi connectivity index (χ4n) is 3.82. The molecule has 28 heavy (non-hydrogen) atoms. The molecule has 0 bridgehead atoms. The summed E-state index contributed by atoms with van der Waals surface area (Å²) in [6.45, 7) is 5.06. The standard InChI is InChI=1S/C21H25N3O3S/c1-3-7-21(8-4-9-21)13-22-20(25)17-11-27-19(24-17)12-26-15-5-6-18-16(10-15)23-14(2)28-18/h5-6,10-11H,3-4,7-9,12-13H2,1-2H3,(H,22,25). The molecule has 0 spiro atoms. The number of ether oxygens (including phenoxy) is 1. The topological polar surface area (TPSA) is 77.2 Å². The summed E-state index contributed by atoms with van der Waals surface area (Å²) in [5, 5.41) is 4.05. The van der Waals surface area contributed by atoms with Crippen LogP contribution in [0.5, 0.6) is 5.75 Å². The molecule has 2 aromatic heterocycles. The van der Waals surface area contributed by atoms with Crippen LogP contribution in [-0.4, -0.2) is 22.4 Å². The third-order valence-corrected chi connectivity index (χ3v) is 6.38. The van der Waals surface area contributed by atoms with E-state index in [-0.39, 0.29) is 17.9 Å². The van der Waals surface area contributed by atoms with E-state index in [1.165, 1.54) is 25.5 Å². The van der Waals surface area contributed by atoms with Gasteiger partial charge in [0.1, 0.15) is 12.0 Å². The predicted molar refractivity (Wildman–Crippen MR) is 109 cm³/mol. The number of nitrogens with one attached hydrogen (secondary N) is 1. The fourth-order valence-corrected chi connectivity index (χ4v) is 4.63. The molecule has 2 heterocycles. The Kier molecular flexibility index (Phi) is 5.35. The first-order chi connectivity index (χ1) is 13.6. The molecule has 4 rings (SSSR count). The first-order valence-electron chi connectivity index (χ1n) is 9.79. The van der Waals surface area contributed by atoms with E-state index in [9.17, 15) is 4.79 Å². The van der Waals surface area contributed by atoms with Crippen molar-refractivity contribution in [2.75, 3.05) is 6.54 Å². The SMILES string of the molecule is CCCC1(CNC(=O)c2coc(COc3ccc4sc(C)nc4c3)n2)CCC1. The van der Waals surface area contributed by atoms with Crippen LogP contribution in [-0.2, 0) is 6.61 Å². The van der Waals surface area contributed by atoms with Gasteiger partial charge in [0.25, 0.3) is 5.91 Å². The van der Waals surface area contributed by atoms with Gasteiger partial charge in [-0.25, -0.2) is 9.97 Å². The zero-order chi connectivity index (χ0) is 19.6. The Bertz CT molecular complexity index is 974. The highest BCUT2D eigenvalue weighted by Gasteiger charge is 2.36. The van der Waals surface area contributed by atoms with Gasteiger partial charge in [-0.1, -0.05) is 19.8 Å². The van der Waals surface area contributed by atoms with Gasteiger partial charge in [0.15, 0.2) is 12.3 Å². The van der Waals surface area contributed by atoms with Gasteiger partial charge in [0.05, 0.1) is 15.2 Å². The van der Waals surface area contributed by atoms with Crippen LogP contribution in [0.25, 0.3) is 10.2 Å². The average Bonchev–Trinajstić information content (AvgIpc) is 3.27. The quantitative estimate of drug-likeness (QED) is 0.585. The second-order valence-corrected chi connectivity index (χ2v) is 8.80. The third-order valence-electron chi connectivity index (χ3n) is 5.43. The van der Waals surface area contributed by atoms with E-state index in [2.05, 4.69) is 22.2 Å². The van der Waals surface area contributed by atoms with Crippen LogP contribution in [0.2, 0.25) is 0 Å². The van der Waals surface area contributed by atoms with Gasteiger partial charge >= 0.3 is 0 Å². The number of fused-ring (bicyclic) bond motifs is 1. The smallest absolute Gasteiger partial charge is 0.273 e. The summed E-state index contributed by atoms with van der Waals surface area (Å²) in [4.78, 5) is 21.1. The van der Waals surface area contributed by atoms with E-state index >= 15 is 0 Å². The molecular formula is C21H25N3O3S. The summed E-state index contributed by atoms with van der Waals surface area (Å²) >= 11 is 1.65. The van der Waals surface area contributed by atoms with Crippen LogP contribution in [0.4, 0.5) is 0 Å². The molecule has 0 unspecified atom stereocenters. The van der Waals surface area contributed by atoms with Crippen LogP contribution in [0.15, 0.2) is 28.9 Å². The van der Waals surface area contributed by atoms with Gasteiger partial charge < -0.3 is 14.5 Å². The van der Waals surface area contributed by atoms with E-state index in [4.69, 9.17) is 9.15 Å². The lowest BCUT2D eigenvalue weighted by Gasteiger charge is -2.42. The maximum absolute atomic E-state index is 12.4. The van der Waals surface area contributed by atoms with Crippen LogP contribution >= 0.6 is 11.3 Å². The van der Waals surface area contributed by atoms with Crippen LogP contribution < -0.4 is 10.1 Å². The summed E-state index contributed by atoms with van der Waals surface area (Å²) in [6, 6.07) is 5.81. The van der Waals surface area contributed by atoms with E-state index in [0.717, 1.165) is 28.1 Å². The summed E-state index contributed by atoms with van der Waals surface area (Å²) in [5.41, 5.74) is 1.51. The zero-order valence-corrected chi connectivity index (χ0v) is 17.1. The molecule has 1 amide bonds. The number of rotatable bonds is 8. The number of thiazole rings is 1. The predicted octanol–water partition coefficient (Wildman–Crippen LogP) is 4.87. The molecule has 0 aliphatic heterocycles. The number of oxazole rings is 1. The maximum atomic E-state index is 12.4. The van der Waals surface area contributed by atoms with Crippen LogP contribution in [0, 0.1) is 12.3 Å². The molecule has 1 aromatic carbocycles. The van der Waals surface area contributed by atoms with Gasteiger partial charge in [-0.2, -0.15) is 0 Å². The molecule has 1 aliphatic carbocycles. The highest BCUT2D eigenvalue weighted by Crippen LogP contribution is 2.44. The lowest BCUT2D eigenvalue weighted by Crippen LogP contribution is -2.42. The Morgan fingerprint density at radius 1 is 1.36 bits per heavy atom. The van der Waals surface area contributed by atoms with Crippen molar-refractivity contribution in [3.05, 3.63) is 41.1 Å². The molecule has 1 fully saturated rings. The number of nitrogens with zero attached hydrogens (tertiary/aromatic N) is 2. The number of aromatic nitrogens is 2. The van der Waals surface area contributed by atoms with Crippen LogP contribution in [0.3, 0.4) is 0 Å². The fraction of sp³-hybridized carbons (Fsp3) is 0.476. The molecule has 3 aromatic rings. The van der Waals surface area contributed by atoms with E-state index in [1.807, 2.05) is 25.1 Å². The zero-order valence-electron chi connectivity index (χ0n) is 16.3. The minimum Gasteiger partial charge on any atom is -0.484 e. The van der Waals surface area contributed by atoms with Crippen molar-refractivity contribution in [1.82, 2.24) is 15.3 Å². The molecular weight excluding hydrogens is 374 g/mol. The highest BCUT2D eigenvalue weighted by atomic mass is 32.1. The number of aryl methyl sites for hydroxylation is 1. The van der Waals surface area contributed by atoms with Crippen LogP contribution in [0.1, 0.15) is 60.4 Å². The highest BCUT2D eigenvalue weighted by molar-refractivity contribution is 7.18. The van der Waals surface area contributed by atoms with Crippen molar-refractivity contribution >= 4 is 27.5 Å². The van der Waals surface area contributed by atoms with Gasteiger partial charge in [-0.15, -0.1) is 11.3 Å². The molecule has 1 N–H and O–H groups in total. The minimum atomic E-state index is -0.184. The summed E-state index contributed by atoms with van der Waals surface area (Å²) in [6.07, 6.45) is 7.35. The van der Waals surface area contributed by atoms with E-state index in [0.29, 0.717) is 23.9 Å². The Morgan fingerprint density at radius 2 is 2.21 bits per heavy atom. The Balaban J connectivity index is 1.32. The molecule has 7 heteroatoms. The average molecular weight is 400 g/mol. The monoisotopic (exact) mass is 399 g/mol. The van der Waals surface area contributed by atoms with Gasteiger partial charge in [-0.05, 0) is 43.7 Å². The van der Waals surface area contributed by atoms with E-state index in [1.54, 1.807) is 11.3 Å². The normalized spacial score (nSPS) is 15.4. The van der Waals surface area contributed by atoms with E-state index < -0.39 is 0 Å². The largest absolute Gasteiger partial charge is 0.484 e. The molecule has 148 valence electrons. The van der Waals surface area contributed by atoms with Gasteiger partial charge in [0.2, 0.25) is 5.89 Å². The molecule has 1 aliphatic rings. The summed E-state index contributed by atoms with van der Waals surface area (Å²) in [7, 11) is 0. The number of amides is 1. The minimum absolute atomic E-state index is 0.168. The Labute approximate surface area is 168 Å². The first kappa shape index (κ1) is 18.9. The van der Waals surface area contributed by atoms with Crippen molar-refractivity contribution in [3.8, 4) is 5.75 Å². The molecule has 0 saturated heterocycles. The maximum Gasteiger partial charge on any atom is 0.273 e. The second kappa shape index (κ2) is 7.91. The number of hydrogen-bond acceptors (Lipinski definition) is 6. The molecule has 6 nitrogen and oxygen atoms in total. The van der Waals surface area contributed by atoms with Crippen molar-refractivity contribution < 1.29 is 13.9 Å². The first-order valence-corrected chi connectivity index (χ1v) is 10.6. The molecule has 0 radical (unpaired) electrons. The number of hydrogen-bond donors (Lipinski definition) is 1. The lowest BCUT2D eigenvalue weighted by molar-refractivity contribution is 0.0828. The molecule has 0 atom stereocenters. The third kappa shape index (κ3) is 4.04. The number of carbonyl (C=O) groups excluding carboxylic acids is 1. The van der Waals surface area contributed by atoms with Crippen molar-refractivity contribution in [3.63, 3.8) is 0 Å².